The molecule has 2 N–H and O–H groups in total. The quantitative estimate of drug-likeness (QED) is 0.769. The minimum absolute atomic E-state index is 0.0243. The van der Waals surface area contributed by atoms with Crippen molar-refractivity contribution in [2.24, 2.45) is 0 Å². The SMILES string of the molecule is CNc1nc(Oc2cccc(CO)c2)c2ccccc2n1. The summed E-state index contributed by atoms with van der Waals surface area (Å²) in [5, 5.41) is 13.0. The van der Waals surface area contributed by atoms with Gasteiger partial charge in [-0.1, -0.05) is 24.3 Å². The van der Waals surface area contributed by atoms with Crippen molar-refractivity contribution < 1.29 is 9.84 Å². The lowest BCUT2D eigenvalue weighted by Crippen LogP contribution is -1.99. The van der Waals surface area contributed by atoms with Crippen molar-refractivity contribution >= 4 is 16.9 Å². The number of nitrogens with one attached hydrogen (secondary N) is 1. The number of nitrogens with zero attached hydrogens (tertiary/aromatic N) is 2. The van der Waals surface area contributed by atoms with E-state index in [1.807, 2.05) is 42.5 Å². The Morgan fingerprint density at radius 2 is 1.95 bits per heavy atom. The highest BCUT2D eigenvalue weighted by atomic mass is 16.5. The van der Waals surface area contributed by atoms with Crippen LogP contribution in [-0.4, -0.2) is 22.1 Å². The summed E-state index contributed by atoms with van der Waals surface area (Å²) in [5.41, 5.74) is 1.60. The van der Waals surface area contributed by atoms with Gasteiger partial charge >= 0.3 is 0 Å². The number of aromatic nitrogens is 2. The van der Waals surface area contributed by atoms with E-state index in [0.29, 0.717) is 17.6 Å². The van der Waals surface area contributed by atoms with Crippen molar-refractivity contribution in [1.82, 2.24) is 9.97 Å². The van der Waals surface area contributed by atoms with Gasteiger partial charge in [0.25, 0.3) is 0 Å². The number of aliphatic hydroxyl groups excluding tert-OH is 1. The normalized spacial score (nSPS) is 10.6. The maximum Gasteiger partial charge on any atom is 0.231 e. The fourth-order valence-electron chi connectivity index (χ4n) is 2.06. The zero-order valence-electron chi connectivity index (χ0n) is 11.6. The molecule has 5 nitrogen and oxygen atoms in total. The third-order valence-electron chi connectivity index (χ3n) is 3.09. The van der Waals surface area contributed by atoms with Gasteiger partial charge < -0.3 is 15.2 Å². The first-order valence-corrected chi connectivity index (χ1v) is 6.62. The Kier molecular flexibility index (Phi) is 3.66. The minimum atomic E-state index is -0.0243. The Balaban J connectivity index is 2.06. The van der Waals surface area contributed by atoms with Crippen LogP contribution in [0.1, 0.15) is 5.56 Å². The molecule has 0 spiro atoms. The lowest BCUT2D eigenvalue weighted by atomic mass is 10.2. The van der Waals surface area contributed by atoms with E-state index in [2.05, 4.69) is 15.3 Å². The van der Waals surface area contributed by atoms with Crippen LogP contribution >= 0.6 is 0 Å². The van der Waals surface area contributed by atoms with Gasteiger partial charge in [-0.05, 0) is 29.8 Å². The highest BCUT2D eigenvalue weighted by Gasteiger charge is 2.09. The molecule has 0 aliphatic carbocycles. The molecule has 0 saturated heterocycles. The van der Waals surface area contributed by atoms with Crippen LogP contribution in [0.15, 0.2) is 48.5 Å². The molecule has 106 valence electrons. The predicted molar refractivity (Wildman–Crippen MR) is 81.5 cm³/mol. The van der Waals surface area contributed by atoms with Crippen LogP contribution in [0.5, 0.6) is 11.6 Å². The first-order valence-electron chi connectivity index (χ1n) is 6.62. The van der Waals surface area contributed by atoms with E-state index in [4.69, 9.17) is 4.74 Å². The van der Waals surface area contributed by atoms with Gasteiger partial charge in [-0.25, -0.2) is 4.98 Å². The molecule has 3 rings (SSSR count). The highest BCUT2D eigenvalue weighted by Crippen LogP contribution is 2.28. The molecule has 0 bridgehead atoms. The van der Waals surface area contributed by atoms with Gasteiger partial charge in [0.2, 0.25) is 11.8 Å². The third kappa shape index (κ3) is 2.78. The van der Waals surface area contributed by atoms with Crippen LogP contribution in [0.25, 0.3) is 10.9 Å². The Morgan fingerprint density at radius 3 is 2.76 bits per heavy atom. The number of benzene rings is 2. The zero-order chi connectivity index (χ0) is 14.7. The van der Waals surface area contributed by atoms with Gasteiger partial charge in [-0.3, -0.25) is 0 Å². The monoisotopic (exact) mass is 281 g/mol. The molecule has 0 aliphatic heterocycles. The summed E-state index contributed by atoms with van der Waals surface area (Å²) in [6, 6.07) is 15.0. The standard InChI is InChI=1S/C16H15N3O2/c1-17-16-18-14-8-3-2-7-13(14)15(19-16)21-12-6-4-5-11(9-12)10-20/h2-9,20H,10H2,1H3,(H,17,18,19). The Hall–Kier alpha value is -2.66. The zero-order valence-corrected chi connectivity index (χ0v) is 11.6. The number of para-hydroxylation sites is 1. The molecule has 21 heavy (non-hydrogen) atoms. The van der Waals surface area contributed by atoms with Crippen LogP contribution in [-0.2, 0) is 6.61 Å². The summed E-state index contributed by atoms with van der Waals surface area (Å²) in [4.78, 5) is 8.75. The van der Waals surface area contributed by atoms with E-state index in [1.54, 1.807) is 13.1 Å². The van der Waals surface area contributed by atoms with Gasteiger partial charge in [0.05, 0.1) is 17.5 Å². The van der Waals surface area contributed by atoms with Gasteiger partial charge in [-0.15, -0.1) is 0 Å². The molecule has 3 aromatic rings. The van der Waals surface area contributed by atoms with Gasteiger partial charge in [0.15, 0.2) is 0 Å². The second-order valence-corrected chi connectivity index (χ2v) is 4.53. The molecule has 2 aromatic carbocycles. The maximum absolute atomic E-state index is 9.19. The van der Waals surface area contributed by atoms with Crippen molar-refractivity contribution in [2.45, 2.75) is 6.61 Å². The van der Waals surface area contributed by atoms with E-state index in [-0.39, 0.29) is 6.61 Å². The summed E-state index contributed by atoms with van der Waals surface area (Å²) in [6.45, 7) is -0.0243. The summed E-state index contributed by atoms with van der Waals surface area (Å²) < 4.78 is 5.87. The van der Waals surface area contributed by atoms with E-state index < -0.39 is 0 Å². The van der Waals surface area contributed by atoms with E-state index in [1.165, 1.54) is 0 Å². The first kappa shape index (κ1) is 13.3. The number of aliphatic hydroxyl groups is 1. The molecule has 0 aliphatic rings. The second kappa shape index (κ2) is 5.76. The van der Waals surface area contributed by atoms with E-state index in [0.717, 1.165) is 16.5 Å². The Bertz CT molecular complexity index is 774. The second-order valence-electron chi connectivity index (χ2n) is 4.53. The molecule has 0 saturated carbocycles. The summed E-state index contributed by atoms with van der Waals surface area (Å²) in [7, 11) is 1.76. The van der Waals surface area contributed by atoms with Gasteiger partial charge in [0.1, 0.15) is 5.75 Å². The number of anilines is 1. The predicted octanol–water partition coefficient (Wildman–Crippen LogP) is 2.96. The number of rotatable bonds is 4. The molecular weight excluding hydrogens is 266 g/mol. The minimum Gasteiger partial charge on any atom is -0.438 e. The molecule has 0 radical (unpaired) electrons. The summed E-state index contributed by atoms with van der Waals surface area (Å²) >= 11 is 0. The molecule has 0 unspecified atom stereocenters. The Morgan fingerprint density at radius 1 is 1.10 bits per heavy atom. The number of fused-ring (bicyclic) bond motifs is 1. The highest BCUT2D eigenvalue weighted by molar-refractivity contribution is 5.84. The average Bonchev–Trinajstić information content (AvgIpc) is 2.55. The van der Waals surface area contributed by atoms with Gasteiger partial charge in [-0.2, -0.15) is 4.98 Å². The summed E-state index contributed by atoms with van der Waals surface area (Å²) in [6.07, 6.45) is 0. The summed E-state index contributed by atoms with van der Waals surface area (Å²) in [5.74, 6) is 1.62. The van der Waals surface area contributed by atoms with Crippen molar-refractivity contribution in [3.8, 4) is 11.6 Å². The molecule has 0 amide bonds. The maximum atomic E-state index is 9.19. The number of hydrogen-bond acceptors (Lipinski definition) is 5. The van der Waals surface area contributed by atoms with Crippen LogP contribution < -0.4 is 10.1 Å². The fourth-order valence-corrected chi connectivity index (χ4v) is 2.06. The van der Waals surface area contributed by atoms with Crippen LogP contribution in [0.3, 0.4) is 0 Å². The molecule has 1 aromatic heterocycles. The van der Waals surface area contributed by atoms with Crippen molar-refractivity contribution in [3.63, 3.8) is 0 Å². The molecule has 1 heterocycles. The smallest absolute Gasteiger partial charge is 0.231 e. The Labute approximate surface area is 122 Å². The molecular formula is C16H15N3O2. The van der Waals surface area contributed by atoms with Crippen molar-refractivity contribution in [3.05, 3.63) is 54.1 Å². The lowest BCUT2D eigenvalue weighted by Gasteiger charge is -2.10. The van der Waals surface area contributed by atoms with Crippen LogP contribution in [0.4, 0.5) is 5.95 Å². The van der Waals surface area contributed by atoms with E-state index in [9.17, 15) is 5.11 Å². The number of ether oxygens (including phenoxy) is 1. The van der Waals surface area contributed by atoms with Crippen molar-refractivity contribution in [2.75, 3.05) is 12.4 Å². The number of hydrogen-bond donors (Lipinski definition) is 2. The molecule has 0 atom stereocenters. The topological polar surface area (TPSA) is 67.3 Å². The van der Waals surface area contributed by atoms with E-state index >= 15 is 0 Å². The van der Waals surface area contributed by atoms with Crippen molar-refractivity contribution in [1.29, 1.82) is 0 Å². The lowest BCUT2D eigenvalue weighted by molar-refractivity contribution is 0.281. The fraction of sp³-hybridized carbons (Fsp3) is 0.125. The first-order chi connectivity index (χ1) is 10.3. The van der Waals surface area contributed by atoms with Crippen LogP contribution in [0.2, 0.25) is 0 Å². The van der Waals surface area contributed by atoms with Crippen LogP contribution in [0, 0.1) is 0 Å². The average molecular weight is 281 g/mol. The molecule has 5 heteroatoms. The largest absolute Gasteiger partial charge is 0.438 e. The van der Waals surface area contributed by atoms with Gasteiger partial charge in [0, 0.05) is 7.05 Å². The molecule has 0 fully saturated rings. The third-order valence-corrected chi connectivity index (χ3v) is 3.09.